The molecule has 20 heavy (non-hydrogen) atoms. The smallest absolute Gasteiger partial charge is 0.290 e. The third-order valence-electron chi connectivity index (χ3n) is 3.38. The molecule has 1 aliphatic heterocycles. The number of halogens is 4. The lowest BCUT2D eigenvalue weighted by Crippen LogP contribution is -2.51. The van der Waals surface area contributed by atoms with Gasteiger partial charge in [0.15, 0.2) is 0 Å². The number of alkyl halides is 2. The Labute approximate surface area is 114 Å². The van der Waals surface area contributed by atoms with Crippen molar-refractivity contribution in [1.82, 2.24) is 10.2 Å². The SMILES string of the molecule is OCC(F)(F)[C@H](c1cc(F)ccc1F)N1CCNCC1. The van der Waals surface area contributed by atoms with Crippen LogP contribution in [0.15, 0.2) is 18.2 Å². The first-order valence-corrected chi connectivity index (χ1v) is 6.34. The molecule has 1 aliphatic rings. The molecule has 1 heterocycles. The molecular formula is C13H16F4N2O. The Balaban J connectivity index is 2.42. The number of nitrogens with zero attached hydrogens (tertiary/aromatic N) is 1. The van der Waals surface area contributed by atoms with Crippen molar-refractivity contribution in [3.63, 3.8) is 0 Å². The number of aliphatic hydroxyl groups excluding tert-OH is 1. The predicted molar refractivity (Wildman–Crippen MR) is 65.6 cm³/mol. The highest BCUT2D eigenvalue weighted by atomic mass is 19.3. The minimum Gasteiger partial charge on any atom is -0.390 e. The summed E-state index contributed by atoms with van der Waals surface area (Å²) in [5, 5.41) is 11.9. The Kier molecular flexibility index (Phi) is 4.62. The molecule has 1 aromatic carbocycles. The summed E-state index contributed by atoms with van der Waals surface area (Å²) in [6, 6.07) is 0.800. The molecule has 0 bridgehead atoms. The second kappa shape index (κ2) is 6.07. The second-order valence-electron chi connectivity index (χ2n) is 4.77. The van der Waals surface area contributed by atoms with Crippen LogP contribution in [0.4, 0.5) is 17.6 Å². The van der Waals surface area contributed by atoms with Gasteiger partial charge in [0.25, 0.3) is 5.92 Å². The fourth-order valence-corrected chi connectivity index (χ4v) is 2.44. The Bertz CT molecular complexity index is 464. The first-order valence-electron chi connectivity index (χ1n) is 6.34. The highest BCUT2D eigenvalue weighted by Crippen LogP contribution is 2.37. The van der Waals surface area contributed by atoms with Crippen molar-refractivity contribution in [2.45, 2.75) is 12.0 Å². The van der Waals surface area contributed by atoms with Crippen LogP contribution in [0.3, 0.4) is 0 Å². The summed E-state index contributed by atoms with van der Waals surface area (Å²) in [6.07, 6.45) is 0. The van der Waals surface area contributed by atoms with Gasteiger partial charge in [-0.1, -0.05) is 0 Å². The van der Waals surface area contributed by atoms with E-state index in [2.05, 4.69) is 5.32 Å². The largest absolute Gasteiger partial charge is 0.390 e. The van der Waals surface area contributed by atoms with Gasteiger partial charge in [0, 0.05) is 31.7 Å². The number of piperazine rings is 1. The second-order valence-corrected chi connectivity index (χ2v) is 4.77. The molecule has 0 unspecified atom stereocenters. The molecule has 0 saturated carbocycles. The van der Waals surface area contributed by atoms with E-state index in [1.54, 1.807) is 0 Å². The summed E-state index contributed by atoms with van der Waals surface area (Å²) in [5.41, 5.74) is -0.425. The monoisotopic (exact) mass is 292 g/mol. The summed E-state index contributed by atoms with van der Waals surface area (Å²) in [7, 11) is 0. The van der Waals surface area contributed by atoms with E-state index in [9.17, 15) is 17.6 Å². The van der Waals surface area contributed by atoms with Crippen molar-refractivity contribution in [2.75, 3.05) is 32.8 Å². The molecule has 0 aliphatic carbocycles. The molecule has 112 valence electrons. The van der Waals surface area contributed by atoms with Crippen molar-refractivity contribution in [3.8, 4) is 0 Å². The highest BCUT2D eigenvalue weighted by Gasteiger charge is 2.45. The maximum absolute atomic E-state index is 14.0. The van der Waals surface area contributed by atoms with E-state index in [4.69, 9.17) is 5.11 Å². The van der Waals surface area contributed by atoms with Crippen LogP contribution < -0.4 is 5.32 Å². The maximum Gasteiger partial charge on any atom is 0.290 e. The highest BCUT2D eigenvalue weighted by molar-refractivity contribution is 5.25. The predicted octanol–water partition coefficient (Wildman–Crippen LogP) is 1.54. The van der Waals surface area contributed by atoms with Crippen LogP contribution in [0.1, 0.15) is 11.6 Å². The zero-order chi connectivity index (χ0) is 14.8. The van der Waals surface area contributed by atoms with E-state index < -0.39 is 35.8 Å². The Morgan fingerprint density at radius 2 is 1.90 bits per heavy atom. The fourth-order valence-electron chi connectivity index (χ4n) is 2.44. The van der Waals surface area contributed by atoms with Crippen molar-refractivity contribution in [2.24, 2.45) is 0 Å². The molecule has 2 N–H and O–H groups in total. The lowest BCUT2D eigenvalue weighted by molar-refractivity contribution is -0.119. The van der Waals surface area contributed by atoms with Crippen LogP contribution in [0, 0.1) is 11.6 Å². The molecule has 0 aromatic heterocycles. The number of benzene rings is 1. The number of rotatable bonds is 4. The quantitative estimate of drug-likeness (QED) is 0.826. The van der Waals surface area contributed by atoms with Crippen molar-refractivity contribution < 1.29 is 22.7 Å². The summed E-state index contributed by atoms with van der Waals surface area (Å²) in [4.78, 5) is 1.37. The number of nitrogens with one attached hydrogen (secondary N) is 1. The molecule has 1 aromatic rings. The van der Waals surface area contributed by atoms with E-state index in [-0.39, 0.29) is 13.1 Å². The van der Waals surface area contributed by atoms with Crippen LogP contribution in [0.2, 0.25) is 0 Å². The average molecular weight is 292 g/mol. The first kappa shape index (κ1) is 15.2. The summed E-state index contributed by atoms with van der Waals surface area (Å²) < 4.78 is 55.1. The molecule has 1 atom stereocenters. The minimum atomic E-state index is -3.55. The number of aliphatic hydroxyl groups is 1. The Hall–Kier alpha value is -1.18. The van der Waals surface area contributed by atoms with E-state index in [0.717, 1.165) is 18.2 Å². The number of hydrogen-bond donors (Lipinski definition) is 2. The van der Waals surface area contributed by atoms with Gasteiger partial charge in [0.2, 0.25) is 0 Å². The molecular weight excluding hydrogens is 276 g/mol. The molecule has 3 nitrogen and oxygen atoms in total. The number of hydrogen-bond acceptors (Lipinski definition) is 3. The molecule has 0 radical (unpaired) electrons. The maximum atomic E-state index is 14.0. The van der Waals surface area contributed by atoms with Gasteiger partial charge >= 0.3 is 0 Å². The lowest BCUT2D eigenvalue weighted by Gasteiger charge is -2.38. The van der Waals surface area contributed by atoms with Crippen LogP contribution in [-0.2, 0) is 0 Å². The Morgan fingerprint density at radius 3 is 2.50 bits per heavy atom. The van der Waals surface area contributed by atoms with E-state index >= 15 is 0 Å². The molecule has 0 spiro atoms. The first-order chi connectivity index (χ1) is 9.45. The van der Waals surface area contributed by atoms with Gasteiger partial charge in [-0.15, -0.1) is 0 Å². The molecule has 2 rings (SSSR count). The van der Waals surface area contributed by atoms with Crippen LogP contribution in [-0.4, -0.2) is 48.7 Å². The molecule has 1 saturated heterocycles. The fraction of sp³-hybridized carbons (Fsp3) is 0.538. The van der Waals surface area contributed by atoms with E-state index in [1.807, 2.05) is 0 Å². The van der Waals surface area contributed by atoms with Crippen molar-refractivity contribution in [3.05, 3.63) is 35.4 Å². The van der Waals surface area contributed by atoms with Gasteiger partial charge in [-0.3, -0.25) is 4.90 Å². The van der Waals surface area contributed by atoms with Crippen molar-refractivity contribution >= 4 is 0 Å². The van der Waals surface area contributed by atoms with Crippen LogP contribution in [0.25, 0.3) is 0 Å². The summed E-state index contributed by atoms with van der Waals surface area (Å²) >= 11 is 0. The summed E-state index contributed by atoms with van der Waals surface area (Å²) in [6.45, 7) is 0.0911. The lowest BCUT2D eigenvalue weighted by atomic mass is 9.97. The standard InChI is InChI=1S/C13H16F4N2O/c14-9-1-2-11(15)10(7-9)12(13(16,17)8-20)19-5-3-18-4-6-19/h1-2,7,12,18,20H,3-6,8H2/t12-/m0/s1. The normalized spacial score (nSPS) is 19.1. The minimum absolute atomic E-state index is 0.274. The van der Waals surface area contributed by atoms with E-state index in [1.165, 1.54) is 4.90 Å². The van der Waals surface area contributed by atoms with Gasteiger partial charge in [-0.05, 0) is 18.2 Å². The Morgan fingerprint density at radius 1 is 1.25 bits per heavy atom. The average Bonchev–Trinajstić information content (AvgIpc) is 2.44. The van der Waals surface area contributed by atoms with E-state index in [0.29, 0.717) is 13.1 Å². The van der Waals surface area contributed by atoms with Crippen LogP contribution >= 0.6 is 0 Å². The van der Waals surface area contributed by atoms with Gasteiger partial charge in [0.05, 0.1) is 0 Å². The zero-order valence-electron chi connectivity index (χ0n) is 10.8. The third kappa shape index (κ3) is 3.11. The molecule has 0 amide bonds. The summed E-state index contributed by atoms with van der Waals surface area (Å²) in [5.74, 6) is -5.23. The zero-order valence-corrected chi connectivity index (χ0v) is 10.8. The third-order valence-corrected chi connectivity index (χ3v) is 3.38. The molecule has 1 fully saturated rings. The topological polar surface area (TPSA) is 35.5 Å². The van der Waals surface area contributed by atoms with Gasteiger partial charge in [0.1, 0.15) is 24.3 Å². The van der Waals surface area contributed by atoms with Gasteiger partial charge in [-0.2, -0.15) is 0 Å². The molecule has 7 heteroatoms. The van der Waals surface area contributed by atoms with Gasteiger partial charge < -0.3 is 10.4 Å². The van der Waals surface area contributed by atoms with Crippen molar-refractivity contribution in [1.29, 1.82) is 0 Å². The van der Waals surface area contributed by atoms with Crippen LogP contribution in [0.5, 0.6) is 0 Å². The van der Waals surface area contributed by atoms with Gasteiger partial charge in [-0.25, -0.2) is 17.6 Å².